The van der Waals surface area contributed by atoms with Crippen molar-refractivity contribution in [1.29, 1.82) is 0 Å². The molecule has 116 valence electrons. The summed E-state index contributed by atoms with van der Waals surface area (Å²) in [5, 5.41) is 3.30. The van der Waals surface area contributed by atoms with Crippen molar-refractivity contribution in [2.24, 2.45) is 0 Å². The van der Waals surface area contributed by atoms with Crippen LogP contribution in [0.25, 0.3) is 0 Å². The highest BCUT2D eigenvalue weighted by Crippen LogP contribution is 2.14. The molecule has 5 heteroatoms. The van der Waals surface area contributed by atoms with Gasteiger partial charge in [0, 0.05) is 19.7 Å². The molecule has 0 aliphatic carbocycles. The van der Waals surface area contributed by atoms with Crippen LogP contribution in [-0.2, 0) is 14.3 Å². The van der Waals surface area contributed by atoms with Crippen LogP contribution in [-0.4, -0.2) is 62.4 Å². The van der Waals surface area contributed by atoms with E-state index in [-0.39, 0.29) is 24.7 Å². The minimum absolute atomic E-state index is 0.119. The molecule has 0 aromatic heterocycles. The van der Waals surface area contributed by atoms with Crippen LogP contribution in [0.3, 0.4) is 0 Å². The van der Waals surface area contributed by atoms with Crippen molar-refractivity contribution in [1.82, 2.24) is 10.2 Å². The number of ether oxygens (including phenoxy) is 2. The SMILES string of the molecule is CCCOC1CCCN(C(=O)COC2CCNCC2)C1. The Kier molecular flexibility index (Phi) is 6.76. The van der Waals surface area contributed by atoms with Crippen molar-refractivity contribution in [3.8, 4) is 0 Å². The van der Waals surface area contributed by atoms with Crippen molar-refractivity contribution < 1.29 is 14.3 Å². The quantitative estimate of drug-likeness (QED) is 0.795. The second-order valence-corrected chi connectivity index (χ2v) is 5.74. The Morgan fingerprint density at radius 2 is 2.00 bits per heavy atom. The summed E-state index contributed by atoms with van der Waals surface area (Å²) >= 11 is 0. The smallest absolute Gasteiger partial charge is 0.248 e. The predicted octanol–water partition coefficient (Wildman–Crippen LogP) is 1.17. The van der Waals surface area contributed by atoms with Gasteiger partial charge in [-0.05, 0) is 45.2 Å². The normalized spacial score (nSPS) is 24.9. The number of rotatable bonds is 6. The van der Waals surface area contributed by atoms with Crippen molar-refractivity contribution in [2.75, 3.05) is 39.4 Å². The highest BCUT2D eigenvalue weighted by atomic mass is 16.5. The molecule has 2 fully saturated rings. The van der Waals surface area contributed by atoms with E-state index in [2.05, 4.69) is 12.2 Å². The lowest BCUT2D eigenvalue weighted by molar-refractivity contribution is -0.142. The lowest BCUT2D eigenvalue weighted by Gasteiger charge is -2.33. The molecule has 5 nitrogen and oxygen atoms in total. The van der Waals surface area contributed by atoms with E-state index in [1.165, 1.54) is 0 Å². The van der Waals surface area contributed by atoms with Gasteiger partial charge in [0.05, 0.1) is 12.2 Å². The molecule has 2 aliphatic heterocycles. The fraction of sp³-hybridized carbons (Fsp3) is 0.933. The fourth-order valence-corrected chi connectivity index (χ4v) is 2.83. The van der Waals surface area contributed by atoms with Gasteiger partial charge in [-0.1, -0.05) is 6.92 Å². The Morgan fingerprint density at radius 1 is 1.20 bits per heavy atom. The van der Waals surface area contributed by atoms with E-state index >= 15 is 0 Å². The van der Waals surface area contributed by atoms with Gasteiger partial charge >= 0.3 is 0 Å². The van der Waals surface area contributed by atoms with Gasteiger partial charge in [0.2, 0.25) is 5.91 Å². The summed E-state index contributed by atoms with van der Waals surface area (Å²) in [6.07, 6.45) is 5.62. The maximum Gasteiger partial charge on any atom is 0.248 e. The van der Waals surface area contributed by atoms with E-state index < -0.39 is 0 Å². The van der Waals surface area contributed by atoms with Crippen LogP contribution in [0.5, 0.6) is 0 Å². The number of piperidine rings is 2. The highest BCUT2D eigenvalue weighted by Gasteiger charge is 2.25. The molecule has 1 unspecified atom stereocenters. The first-order valence-corrected chi connectivity index (χ1v) is 8.01. The molecule has 0 spiro atoms. The van der Waals surface area contributed by atoms with E-state index in [0.717, 1.165) is 64.9 Å². The van der Waals surface area contributed by atoms with Gasteiger partial charge in [-0.15, -0.1) is 0 Å². The zero-order valence-electron chi connectivity index (χ0n) is 12.6. The molecule has 1 atom stereocenters. The zero-order valence-corrected chi connectivity index (χ0v) is 12.6. The van der Waals surface area contributed by atoms with E-state index in [0.29, 0.717) is 0 Å². The summed E-state index contributed by atoms with van der Waals surface area (Å²) in [5.41, 5.74) is 0. The van der Waals surface area contributed by atoms with Crippen LogP contribution in [0.1, 0.15) is 39.0 Å². The number of nitrogens with one attached hydrogen (secondary N) is 1. The van der Waals surface area contributed by atoms with Gasteiger partial charge < -0.3 is 19.7 Å². The van der Waals surface area contributed by atoms with Crippen LogP contribution in [0.4, 0.5) is 0 Å². The maximum atomic E-state index is 12.2. The first kappa shape index (κ1) is 15.7. The maximum absolute atomic E-state index is 12.2. The van der Waals surface area contributed by atoms with Gasteiger partial charge in [-0.2, -0.15) is 0 Å². The number of nitrogens with zero attached hydrogens (tertiary/aromatic N) is 1. The van der Waals surface area contributed by atoms with Crippen molar-refractivity contribution in [3.63, 3.8) is 0 Å². The Labute approximate surface area is 122 Å². The third-order valence-electron chi connectivity index (χ3n) is 4.02. The van der Waals surface area contributed by atoms with Gasteiger partial charge in [0.15, 0.2) is 0 Å². The Morgan fingerprint density at radius 3 is 2.75 bits per heavy atom. The molecular weight excluding hydrogens is 256 g/mol. The molecule has 1 amide bonds. The van der Waals surface area contributed by atoms with Crippen molar-refractivity contribution in [3.05, 3.63) is 0 Å². The van der Waals surface area contributed by atoms with Crippen LogP contribution >= 0.6 is 0 Å². The topological polar surface area (TPSA) is 50.8 Å². The molecule has 2 rings (SSSR count). The first-order valence-electron chi connectivity index (χ1n) is 8.01. The molecule has 0 bridgehead atoms. The van der Waals surface area contributed by atoms with Crippen LogP contribution in [0.15, 0.2) is 0 Å². The standard InChI is InChI=1S/C15H28N2O3/c1-2-10-19-14-4-3-9-17(11-14)15(18)12-20-13-5-7-16-8-6-13/h13-14,16H,2-12H2,1H3. The third kappa shape index (κ3) is 5.04. The molecule has 0 aromatic carbocycles. The van der Waals surface area contributed by atoms with Gasteiger partial charge in [-0.25, -0.2) is 0 Å². The number of carbonyl (C=O) groups excluding carboxylic acids is 1. The van der Waals surface area contributed by atoms with Crippen LogP contribution in [0.2, 0.25) is 0 Å². The second kappa shape index (κ2) is 8.60. The fourth-order valence-electron chi connectivity index (χ4n) is 2.83. The number of carbonyl (C=O) groups is 1. The largest absolute Gasteiger partial charge is 0.376 e. The zero-order chi connectivity index (χ0) is 14.2. The van der Waals surface area contributed by atoms with Gasteiger partial charge in [0.1, 0.15) is 6.61 Å². The summed E-state index contributed by atoms with van der Waals surface area (Å²) < 4.78 is 11.5. The Balaban J connectivity index is 1.68. The van der Waals surface area contributed by atoms with E-state index in [1.54, 1.807) is 0 Å². The van der Waals surface area contributed by atoms with Gasteiger partial charge in [-0.3, -0.25) is 4.79 Å². The average molecular weight is 284 g/mol. The molecular formula is C15H28N2O3. The highest BCUT2D eigenvalue weighted by molar-refractivity contribution is 5.77. The number of likely N-dealkylation sites (tertiary alicyclic amines) is 1. The first-order chi connectivity index (χ1) is 9.79. The minimum Gasteiger partial charge on any atom is -0.376 e. The van der Waals surface area contributed by atoms with Gasteiger partial charge in [0.25, 0.3) is 0 Å². The van der Waals surface area contributed by atoms with E-state index in [9.17, 15) is 4.79 Å². The Bertz CT molecular complexity index is 293. The second-order valence-electron chi connectivity index (χ2n) is 5.74. The molecule has 2 saturated heterocycles. The molecule has 1 N–H and O–H groups in total. The van der Waals surface area contributed by atoms with Crippen LogP contribution < -0.4 is 5.32 Å². The summed E-state index contributed by atoms with van der Waals surface area (Å²) in [6, 6.07) is 0. The predicted molar refractivity (Wildman–Crippen MR) is 77.7 cm³/mol. The summed E-state index contributed by atoms with van der Waals surface area (Å²) in [4.78, 5) is 14.1. The third-order valence-corrected chi connectivity index (χ3v) is 4.02. The van der Waals surface area contributed by atoms with Crippen molar-refractivity contribution in [2.45, 2.75) is 51.2 Å². The summed E-state index contributed by atoms with van der Waals surface area (Å²) in [7, 11) is 0. The lowest BCUT2D eigenvalue weighted by Crippen LogP contribution is -2.45. The molecule has 0 radical (unpaired) electrons. The molecule has 0 saturated carbocycles. The van der Waals surface area contributed by atoms with Crippen molar-refractivity contribution >= 4 is 5.91 Å². The lowest BCUT2D eigenvalue weighted by atomic mass is 10.1. The molecule has 0 aromatic rings. The average Bonchev–Trinajstić information content (AvgIpc) is 2.52. The number of hydrogen-bond acceptors (Lipinski definition) is 4. The monoisotopic (exact) mass is 284 g/mol. The molecule has 2 heterocycles. The summed E-state index contributed by atoms with van der Waals surface area (Å²) in [6.45, 7) is 6.70. The van der Waals surface area contributed by atoms with E-state index in [4.69, 9.17) is 9.47 Å². The number of hydrogen-bond donors (Lipinski definition) is 1. The van der Waals surface area contributed by atoms with Crippen LogP contribution in [0, 0.1) is 0 Å². The summed E-state index contributed by atoms with van der Waals surface area (Å²) in [5.74, 6) is 0.119. The molecule has 20 heavy (non-hydrogen) atoms. The minimum atomic E-state index is 0.119. The van der Waals surface area contributed by atoms with E-state index in [1.807, 2.05) is 4.90 Å². The number of amides is 1. The molecule has 2 aliphatic rings. The Hall–Kier alpha value is -0.650.